The molecule has 2 rings (SSSR count). The summed E-state index contributed by atoms with van der Waals surface area (Å²) in [6, 6.07) is 0. The van der Waals surface area contributed by atoms with Crippen LogP contribution < -0.4 is 0 Å². The molecular weight excluding hydrogens is 317 g/mol. The highest BCUT2D eigenvalue weighted by molar-refractivity contribution is 14.1. The summed E-state index contributed by atoms with van der Waals surface area (Å²) in [7, 11) is 0. The maximum Gasteiger partial charge on any atom is 0.148 e. The Morgan fingerprint density at radius 2 is 2.25 bits per heavy atom. The van der Waals surface area contributed by atoms with Crippen molar-refractivity contribution in [2.75, 3.05) is 0 Å². The quantitative estimate of drug-likeness (QED) is 0.804. The number of nitrogens with zero attached hydrogens (tertiary/aromatic N) is 5. The van der Waals surface area contributed by atoms with Crippen LogP contribution >= 0.6 is 22.6 Å². The van der Waals surface area contributed by atoms with Gasteiger partial charge in [-0.25, -0.2) is 9.67 Å². The zero-order chi connectivity index (χ0) is 11.5. The average molecular weight is 331 g/mol. The van der Waals surface area contributed by atoms with Crippen molar-refractivity contribution < 1.29 is 0 Å². The lowest BCUT2D eigenvalue weighted by molar-refractivity contribution is 0.538. The van der Waals surface area contributed by atoms with E-state index in [9.17, 15) is 0 Å². The topological polar surface area (TPSA) is 48.5 Å². The highest BCUT2D eigenvalue weighted by atomic mass is 127. The molecule has 0 unspecified atom stereocenters. The molecule has 0 aliphatic heterocycles. The summed E-state index contributed by atoms with van der Waals surface area (Å²) in [4.78, 5) is 4.26. The minimum absolute atomic E-state index is 0.684. The number of aryl methyl sites for hydroxylation is 2. The summed E-state index contributed by atoms with van der Waals surface area (Å²) in [6.45, 7) is 5.78. The van der Waals surface area contributed by atoms with Crippen LogP contribution in [0.15, 0.2) is 12.5 Å². The number of hydrogen-bond acceptors (Lipinski definition) is 3. The third-order valence-corrected chi connectivity index (χ3v) is 3.39. The maximum absolute atomic E-state index is 4.41. The van der Waals surface area contributed by atoms with Crippen molar-refractivity contribution in [2.24, 2.45) is 0 Å². The molecule has 16 heavy (non-hydrogen) atoms. The molecule has 0 aliphatic rings. The van der Waals surface area contributed by atoms with E-state index < -0.39 is 0 Å². The predicted octanol–water partition coefficient (Wildman–Crippen LogP) is 1.85. The van der Waals surface area contributed by atoms with Crippen molar-refractivity contribution in [3.8, 4) is 0 Å². The Balaban J connectivity index is 2.16. The van der Waals surface area contributed by atoms with Gasteiger partial charge >= 0.3 is 0 Å². The second kappa shape index (κ2) is 4.94. The van der Waals surface area contributed by atoms with Crippen LogP contribution in [0.1, 0.15) is 24.7 Å². The fourth-order valence-corrected chi connectivity index (χ4v) is 1.95. The third kappa shape index (κ3) is 2.42. The molecule has 86 valence electrons. The molecule has 0 spiro atoms. The third-order valence-electron chi connectivity index (χ3n) is 2.32. The van der Waals surface area contributed by atoms with Gasteiger partial charge in [-0.3, -0.25) is 4.68 Å². The van der Waals surface area contributed by atoms with Crippen molar-refractivity contribution in [3.05, 3.63) is 27.6 Å². The van der Waals surface area contributed by atoms with Crippen LogP contribution in [0.4, 0.5) is 0 Å². The second-order valence-electron chi connectivity index (χ2n) is 3.70. The van der Waals surface area contributed by atoms with Gasteiger partial charge in [0.15, 0.2) is 0 Å². The van der Waals surface area contributed by atoms with Gasteiger partial charge in [-0.2, -0.15) is 10.2 Å². The number of aromatic nitrogens is 5. The van der Waals surface area contributed by atoms with E-state index in [1.165, 1.54) is 5.56 Å². The van der Waals surface area contributed by atoms with Gasteiger partial charge in [-0.1, -0.05) is 6.92 Å². The first-order chi connectivity index (χ1) is 7.70. The summed E-state index contributed by atoms with van der Waals surface area (Å²) in [5, 5.41) is 8.60. The fourth-order valence-electron chi connectivity index (χ4n) is 1.53. The second-order valence-corrected chi connectivity index (χ2v) is 4.72. The Labute approximate surface area is 108 Å². The number of halogens is 1. The minimum Gasteiger partial charge on any atom is -0.264 e. The summed E-state index contributed by atoms with van der Waals surface area (Å²) in [6.07, 6.45) is 4.70. The summed E-state index contributed by atoms with van der Waals surface area (Å²) < 4.78 is 4.89. The Bertz CT molecular complexity index is 454. The smallest absolute Gasteiger partial charge is 0.148 e. The molecule has 2 heterocycles. The molecule has 0 saturated heterocycles. The molecule has 0 N–H and O–H groups in total. The largest absolute Gasteiger partial charge is 0.264 e. The molecule has 0 bridgehead atoms. The minimum atomic E-state index is 0.684. The molecule has 0 amide bonds. The molecule has 0 atom stereocenters. The van der Waals surface area contributed by atoms with E-state index in [0.717, 1.165) is 22.5 Å². The van der Waals surface area contributed by atoms with Gasteiger partial charge < -0.3 is 0 Å². The molecule has 2 aromatic rings. The van der Waals surface area contributed by atoms with Crippen LogP contribution in [-0.2, 0) is 13.1 Å². The van der Waals surface area contributed by atoms with Crippen molar-refractivity contribution in [2.45, 2.75) is 33.4 Å². The van der Waals surface area contributed by atoms with Gasteiger partial charge in [0.1, 0.15) is 22.4 Å². The van der Waals surface area contributed by atoms with Crippen LogP contribution in [0.3, 0.4) is 0 Å². The SMILES string of the molecule is CCCn1ncnc1Cn1cc(C)c(I)n1. The van der Waals surface area contributed by atoms with Crippen LogP contribution in [0.5, 0.6) is 0 Å². The summed E-state index contributed by atoms with van der Waals surface area (Å²) in [5.41, 5.74) is 1.20. The van der Waals surface area contributed by atoms with Crippen molar-refractivity contribution in [1.29, 1.82) is 0 Å². The molecular formula is C10H14IN5. The molecule has 0 aromatic carbocycles. The van der Waals surface area contributed by atoms with E-state index in [4.69, 9.17) is 0 Å². The van der Waals surface area contributed by atoms with Gasteiger partial charge in [0.05, 0.1) is 0 Å². The van der Waals surface area contributed by atoms with Gasteiger partial charge in [-0.15, -0.1) is 0 Å². The zero-order valence-electron chi connectivity index (χ0n) is 9.39. The first-order valence-electron chi connectivity index (χ1n) is 5.27. The van der Waals surface area contributed by atoms with Gasteiger partial charge in [-0.05, 0) is 35.9 Å². The predicted molar refractivity (Wildman–Crippen MR) is 69.1 cm³/mol. The fraction of sp³-hybridized carbons (Fsp3) is 0.500. The van der Waals surface area contributed by atoms with Crippen molar-refractivity contribution >= 4 is 22.6 Å². The molecule has 2 aromatic heterocycles. The lowest BCUT2D eigenvalue weighted by atomic mass is 10.4. The van der Waals surface area contributed by atoms with Crippen molar-refractivity contribution in [3.63, 3.8) is 0 Å². The van der Waals surface area contributed by atoms with E-state index >= 15 is 0 Å². The van der Waals surface area contributed by atoms with Crippen LogP contribution in [-0.4, -0.2) is 24.5 Å². The molecule has 0 radical (unpaired) electrons. The van der Waals surface area contributed by atoms with Gasteiger partial charge in [0.25, 0.3) is 0 Å². The molecule has 0 saturated carbocycles. The Kier molecular flexibility index (Phi) is 3.57. The zero-order valence-corrected chi connectivity index (χ0v) is 11.5. The first-order valence-corrected chi connectivity index (χ1v) is 6.34. The Hall–Kier alpha value is -0.920. The molecule has 0 fully saturated rings. The summed E-state index contributed by atoms with van der Waals surface area (Å²) >= 11 is 2.24. The number of hydrogen-bond donors (Lipinski definition) is 0. The maximum atomic E-state index is 4.41. The van der Waals surface area contributed by atoms with Crippen molar-refractivity contribution in [1.82, 2.24) is 24.5 Å². The monoisotopic (exact) mass is 331 g/mol. The van der Waals surface area contributed by atoms with Crippen LogP contribution in [0.25, 0.3) is 0 Å². The van der Waals surface area contributed by atoms with E-state index in [1.807, 2.05) is 15.6 Å². The van der Waals surface area contributed by atoms with Gasteiger partial charge in [0, 0.05) is 18.3 Å². The van der Waals surface area contributed by atoms with Crippen LogP contribution in [0, 0.1) is 10.6 Å². The van der Waals surface area contributed by atoms with E-state index in [-0.39, 0.29) is 0 Å². The lowest BCUT2D eigenvalue weighted by Gasteiger charge is -2.03. The standard InChI is InChI=1S/C10H14IN5/c1-3-4-16-9(12-7-13-16)6-15-5-8(2)10(11)14-15/h5,7H,3-4,6H2,1-2H3. The number of rotatable bonds is 4. The highest BCUT2D eigenvalue weighted by Crippen LogP contribution is 2.09. The van der Waals surface area contributed by atoms with E-state index in [2.05, 4.69) is 51.6 Å². The Morgan fingerprint density at radius 3 is 2.88 bits per heavy atom. The van der Waals surface area contributed by atoms with E-state index in [1.54, 1.807) is 6.33 Å². The molecule has 5 nitrogen and oxygen atoms in total. The van der Waals surface area contributed by atoms with E-state index in [0.29, 0.717) is 6.54 Å². The first kappa shape index (κ1) is 11.6. The summed E-state index contributed by atoms with van der Waals surface area (Å²) in [5.74, 6) is 0.959. The van der Waals surface area contributed by atoms with Gasteiger partial charge in [0.2, 0.25) is 0 Å². The average Bonchev–Trinajstić information content (AvgIpc) is 2.77. The highest BCUT2D eigenvalue weighted by Gasteiger charge is 2.07. The Morgan fingerprint density at radius 1 is 1.44 bits per heavy atom. The van der Waals surface area contributed by atoms with Crippen LogP contribution in [0.2, 0.25) is 0 Å². The lowest BCUT2D eigenvalue weighted by Crippen LogP contribution is -2.10. The normalized spacial score (nSPS) is 10.9. The molecule has 6 heteroatoms. The molecule has 0 aliphatic carbocycles.